The van der Waals surface area contributed by atoms with Crippen LogP contribution in [0.15, 0.2) is 0 Å². The van der Waals surface area contributed by atoms with E-state index in [-0.39, 0.29) is 20.6 Å². The molecule has 0 saturated carbocycles. The summed E-state index contributed by atoms with van der Waals surface area (Å²) in [5.74, 6) is -0.713. The monoisotopic (exact) mass is 103 g/mol. The number of rotatable bonds is 0. The van der Waals surface area contributed by atoms with Gasteiger partial charge >= 0.3 is 0 Å². The Morgan fingerprint density at radius 2 is 2.00 bits per heavy atom. The lowest BCUT2D eigenvalue weighted by Gasteiger charge is -2.18. The Kier molecular flexibility index (Phi) is 0.648. The van der Waals surface area contributed by atoms with Crippen LogP contribution in [0.1, 0.15) is 9.78 Å². The zero-order chi connectivity index (χ0) is 5.44. The molecule has 3 heteroatoms. The molecule has 1 heterocycles. The van der Waals surface area contributed by atoms with Crippen molar-refractivity contribution in [2.24, 2.45) is 5.92 Å². The normalized spacial score (nSPS) is 21.3. The van der Waals surface area contributed by atoms with Crippen molar-refractivity contribution < 1.29 is 12.4 Å². The predicted molar refractivity (Wildman–Crippen MR) is 26.5 cm³/mol. The van der Waals surface area contributed by atoms with Gasteiger partial charge in [-0.1, -0.05) is 0 Å². The van der Waals surface area contributed by atoms with Crippen molar-refractivity contribution in [3.05, 3.63) is 0 Å². The molecule has 3 nitrogen and oxygen atoms in total. The second-order valence-electron chi connectivity index (χ2n) is 1.58. The SMILES string of the molecule is CC1C(=O)NC1=O.[HH].[HH]. The second-order valence-corrected chi connectivity index (χ2v) is 1.58. The molecule has 1 rings (SSSR count). The highest BCUT2D eigenvalue weighted by atomic mass is 16.2. The van der Waals surface area contributed by atoms with Crippen LogP contribution in [0.5, 0.6) is 0 Å². The Morgan fingerprint density at radius 3 is 2.00 bits per heavy atom. The number of imide groups is 1. The molecule has 0 radical (unpaired) electrons. The first-order valence-corrected chi connectivity index (χ1v) is 2.06. The summed E-state index contributed by atoms with van der Waals surface area (Å²) in [7, 11) is 0. The van der Waals surface area contributed by atoms with Crippen LogP contribution in [0, 0.1) is 5.92 Å². The average molecular weight is 103 g/mol. The van der Waals surface area contributed by atoms with Gasteiger partial charge in [0.15, 0.2) is 0 Å². The van der Waals surface area contributed by atoms with Crippen molar-refractivity contribution >= 4 is 11.8 Å². The molecule has 2 amide bonds. The zero-order valence-electron chi connectivity index (χ0n) is 3.89. The number of nitrogens with one attached hydrogen (secondary N) is 1. The lowest BCUT2D eigenvalue weighted by molar-refractivity contribution is -0.147. The van der Waals surface area contributed by atoms with Crippen molar-refractivity contribution in [3.8, 4) is 0 Å². The largest absolute Gasteiger partial charge is 0.295 e. The number of hydrogen-bond acceptors (Lipinski definition) is 2. The van der Waals surface area contributed by atoms with Crippen LogP contribution in [0.2, 0.25) is 0 Å². The first-order chi connectivity index (χ1) is 3.22. The summed E-state index contributed by atoms with van der Waals surface area (Å²) >= 11 is 0. The summed E-state index contributed by atoms with van der Waals surface area (Å²) in [6, 6.07) is 0. The molecular weight excluding hydrogens is 94.0 g/mol. The molecule has 0 spiro atoms. The Hall–Kier alpha value is -0.860. The lowest BCUT2D eigenvalue weighted by atomic mass is 10.0. The second kappa shape index (κ2) is 1.05. The van der Waals surface area contributed by atoms with Crippen LogP contribution in [0.4, 0.5) is 0 Å². The van der Waals surface area contributed by atoms with E-state index in [0.717, 1.165) is 0 Å². The van der Waals surface area contributed by atoms with Crippen LogP contribution in [-0.2, 0) is 9.59 Å². The molecule has 1 N–H and O–H groups in total. The van der Waals surface area contributed by atoms with E-state index in [1.807, 2.05) is 0 Å². The van der Waals surface area contributed by atoms with Crippen LogP contribution in [0.3, 0.4) is 0 Å². The first kappa shape index (κ1) is 4.30. The number of β-lactam (4-membered cyclic amide) rings is 2. The Morgan fingerprint density at radius 1 is 1.57 bits per heavy atom. The quantitative estimate of drug-likeness (QED) is 0.340. The molecular formula is C4H9NO2. The van der Waals surface area contributed by atoms with Crippen LogP contribution in [-0.4, -0.2) is 11.8 Å². The molecule has 0 atom stereocenters. The fourth-order valence-electron chi connectivity index (χ4n) is 0.379. The van der Waals surface area contributed by atoms with Gasteiger partial charge < -0.3 is 0 Å². The smallest absolute Gasteiger partial charge is 0.238 e. The van der Waals surface area contributed by atoms with Crippen molar-refractivity contribution in [1.82, 2.24) is 5.32 Å². The van der Waals surface area contributed by atoms with E-state index in [2.05, 4.69) is 5.32 Å². The minimum atomic E-state index is -0.389. The summed E-state index contributed by atoms with van der Waals surface area (Å²) in [5, 5.41) is 2.08. The molecule has 1 saturated heterocycles. The first-order valence-electron chi connectivity index (χ1n) is 2.06. The van der Waals surface area contributed by atoms with E-state index in [4.69, 9.17) is 0 Å². The summed E-state index contributed by atoms with van der Waals surface area (Å²) < 4.78 is 0. The molecule has 1 fully saturated rings. The summed E-state index contributed by atoms with van der Waals surface area (Å²) in [5.41, 5.74) is 0. The van der Waals surface area contributed by atoms with E-state index < -0.39 is 0 Å². The standard InChI is InChI=1S/C4H5NO2.2H2/c1-2-3(6)5-4(2)7;;/h2H,1H3,(H,5,6,7);2*1H. The Balaban J connectivity index is 0. The molecule has 0 aromatic rings. The van der Waals surface area contributed by atoms with Gasteiger partial charge in [-0.3, -0.25) is 14.9 Å². The number of hydrogen-bond donors (Lipinski definition) is 1. The maximum Gasteiger partial charge on any atom is 0.238 e. The topological polar surface area (TPSA) is 46.2 Å². The van der Waals surface area contributed by atoms with Gasteiger partial charge in [0.05, 0.1) is 0 Å². The van der Waals surface area contributed by atoms with Crippen molar-refractivity contribution in [2.45, 2.75) is 6.92 Å². The van der Waals surface area contributed by atoms with Gasteiger partial charge in [-0.05, 0) is 6.92 Å². The molecule has 0 aromatic heterocycles. The van der Waals surface area contributed by atoms with Gasteiger partial charge in [0.2, 0.25) is 11.8 Å². The van der Waals surface area contributed by atoms with Gasteiger partial charge in [0, 0.05) is 2.85 Å². The van der Waals surface area contributed by atoms with Gasteiger partial charge in [0.1, 0.15) is 5.92 Å². The maximum absolute atomic E-state index is 10.1. The van der Waals surface area contributed by atoms with E-state index in [1.165, 1.54) is 0 Å². The van der Waals surface area contributed by atoms with Gasteiger partial charge in [-0.2, -0.15) is 0 Å². The third kappa shape index (κ3) is 0.408. The van der Waals surface area contributed by atoms with E-state index in [1.54, 1.807) is 6.92 Å². The number of carbonyl (C=O) groups excluding carboxylic acids is 2. The van der Waals surface area contributed by atoms with Crippen molar-refractivity contribution in [3.63, 3.8) is 0 Å². The highest BCUT2D eigenvalue weighted by molar-refractivity contribution is 6.17. The fourth-order valence-corrected chi connectivity index (χ4v) is 0.379. The Labute approximate surface area is 43.7 Å². The van der Waals surface area contributed by atoms with Gasteiger partial charge in [-0.25, -0.2) is 0 Å². The van der Waals surface area contributed by atoms with E-state index in [9.17, 15) is 9.59 Å². The van der Waals surface area contributed by atoms with Gasteiger partial charge in [0.25, 0.3) is 0 Å². The molecule has 1 aliphatic rings. The minimum absolute atomic E-state index is 0. The van der Waals surface area contributed by atoms with Crippen molar-refractivity contribution in [1.29, 1.82) is 0 Å². The number of carbonyl (C=O) groups is 2. The fraction of sp³-hybridized carbons (Fsp3) is 0.500. The molecule has 1 aliphatic heterocycles. The molecule has 0 aromatic carbocycles. The third-order valence-electron chi connectivity index (χ3n) is 1.03. The molecule has 0 bridgehead atoms. The summed E-state index contributed by atoms with van der Waals surface area (Å²) in [6.07, 6.45) is 0. The maximum atomic E-state index is 10.1. The Bertz CT molecular complexity index is 123. The lowest BCUT2D eigenvalue weighted by Crippen LogP contribution is -2.52. The molecule has 0 unspecified atom stereocenters. The zero-order valence-corrected chi connectivity index (χ0v) is 3.89. The van der Waals surface area contributed by atoms with Crippen LogP contribution in [0.25, 0.3) is 0 Å². The number of amides is 2. The predicted octanol–water partition coefficient (Wildman–Crippen LogP) is -0.229. The molecule has 7 heavy (non-hydrogen) atoms. The highest BCUT2D eigenvalue weighted by Crippen LogP contribution is 2.03. The summed E-state index contributed by atoms with van der Waals surface area (Å²) in [4.78, 5) is 20.2. The average Bonchev–Trinajstić information content (AvgIpc) is 1.68. The summed E-state index contributed by atoms with van der Waals surface area (Å²) in [6.45, 7) is 1.58. The van der Waals surface area contributed by atoms with Crippen LogP contribution < -0.4 is 5.32 Å². The third-order valence-corrected chi connectivity index (χ3v) is 1.03. The highest BCUT2D eigenvalue weighted by Gasteiger charge is 2.32. The van der Waals surface area contributed by atoms with Crippen LogP contribution >= 0.6 is 0 Å². The van der Waals surface area contributed by atoms with E-state index >= 15 is 0 Å². The van der Waals surface area contributed by atoms with Crippen molar-refractivity contribution in [2.75, 3.05) is 0 Å². The minimum Gasteiger partial charge on any atom is -0.295 e. The molecule has 0 aliphatic carbocycles. The molecule has 42 valence electrons. The van der Waals surface area contributed by atoms with E-state index in [0.29, 0.717) is 0 Å². The van der Waals surface area contributed by atoms with Gasteiger partial charge in [-0.15, -0.1) is 0 Å².